The third-order valence-electron chi connectivity index (χ3n) is 17.0. The predicted molar refractivity (Wildman–Crippen MR) is 389 cm³/mol. The number of nitrogens with zero attached hydrogens (tertiary/aromatic N) is 3. The second-order valence-corrected chi connectivity index (χ2v) is 22.6. The highest BCUT2D eigenvalue weighted by molar-refractivity contribution is 6.10. The molecule has 0 aliphatic heterocycles. The fourth-order valence-electron chi connectivity index (χ4n) is 12.4. The van der Waals surface area contributed by atoms with Gasteiger partial charge in [-0.15, -0.1) is 0 Å². The highest BCUT2D eigenvalue weighted by Gasteiger charge is 2.19. The van der Waals surface area contributed by atoms with Crippen molar-refractivity contribution >= 4 is 55.9 Å². The van der Waals surface area contributed by atoms with Gasteiger partial charge in [-0.3, -0.25) is 0 Å². The van der Waals surface area contributed by atoms with Crippen LogP contribution in [0.3, 0.4) is 0 Å². The molecule has 0 fully saturated rings. The molecule has 14 aromatic carbocycles. The third-order valence-corrected chi connectivity index (χ3v) is 17.0. The molecule has 0 saturated heterocycles. The summed E-state index contributed by atoms with van der Waals surface area (Å²) in [6, 6.07) is 130. The summed E-state index contributed by atoms with van der Waals surface area (Å²) >= 11 is 0. The summed E-state index contributed by atoms with van der Waals surface area (Å²) in [6.45, 7) is 6.72. The third kappa shape index (κ3) is 12.1. The van der Waals surface area contributed by atoms with Crippen LogP contribution in [0.1, 0.15) is 0 Å². The minimum Gasteiger partial charge on any atom is -0.311 e. The zero-order valence-electron chi connectivity index (χ0n) is 50.5. The molecule has 0 aliphatic rings. The van der Waals surface area contributed by atoms with Crippen molar-refractivity contribution in [1.29, 1.82) is 0 Å². The van der Waals surface area contributed by atoms with Crippen molar-refractivity contribution in [3.63, 3.8) is 0 Å². The van der Waals surface area contributed by atoms with Gasteiger partial charge in [-0.2, -0.15) is 0 Å². The summed E-state index contributed by atoms with van der Waals surface area (Å²) in [6.07, 6.45) is 3.28. The highest BCUT2D eigenvalue weighted by Crippen LogP contribution is 2.43. The molecule has 0 amide bonds. The largest absolute Gasteiger partial charge is 0.311 e. The average molecular weight is 1160 g/mol. The maximum absolute atomic E-state index is 3.36. The molecule has 91 heavy (non-hydrogen) atoms. The molecule has 1 heterocycles. The number of anilines is 6. The zero-order chi connectivity index (χ0) is 61.3. The molecule has 15 rings (SSSR count). The molecular weight excluding hydrogens is 1100 g/mol. The highest BCUT2D eigenvalue weighted by atomic mass is 15.1. The Morgan fingerprint density at radius 2 is 0.440 bits per heavy atom. The molecule has 432 valence electrons. The average Bonchev–Trinajstić information content (AvgIpc) is 1.66. The summed E-state index contributed by atoms with van der Waals surface area (Å²) in [5, 5.41) is 2.44. The number of allylic oxidation sites excluding steroid dienone is 2. The van der Waals surface area contributed by atoms with Gasteiger partial charge in [-0.25, -0.2) is 0 Å². The lowest BCUT2D eigenvalue weighted by Gasteiger charge is -2.26. The molecule has 0 aliphatic carbocycles. The Kier molecular flexibility index (Phi) is 16.3. The van der Waals surface area contributed by atoms with Crippen LogP contribution in [0.15, 0.2) is 383 Å². The Morgan fingerprint density at radius 1 is 0.198 bits per heavy atom. The van der Waals surface area contributed by atoms with Crippen molar-refractivity contribution in [2.24, 2.45) is 0 Å². The van der Waals surface area contributed by atoms with Gasteiger partial charge in [-0.05, 0) is 199 Å². The number of fused-ring (bicyclic) bond motifs is 3. The number of benzene rings is 14. The van der Waals surface area contributed by atoms with E-state index in [-0.39, 0.29) is 0 Å². The summed E-state index contributed by atoms with van der Waals surface area (Å²) < 4.78 is 2.39. The molecule has 15 aromatic rings. The molecule has 0 atom stereocenters. The summed E-state index contributed by atoms with van der Waals surface area (Å²) in [7, 11) is 0. The van der Waals surface area contributed by atoms with Crippen LogP contribution in [0.4, 0.5) is 34.1 Å². The number of hydrogen-bond acceptors (Lipinski definition) is 2. The lowest BCUT2D eigenvalue weighted by Crippen LogP contribution is -2.09. The van der Waals surface area contributed by atoms with E-state index in [9.17, 15) is 0 Å². The van der Waals surface area contributed by atoms with Crippen LogP contribution >= 0.6 is 0 Å². The Bertz CT molecular complexity index is 4520. The Hall–Kier alpha value is -12.0. The molecular formula is C88H65N3. The van der Waals surface area contributed by atoms with Gasteiger partial charge in [0.05, 0.1) is 11.0 Å². The maximum Gasteiger partial charge on any atom is 0.0541 e. The molecule has 0 saturated carbocycles. The van der Waals surface area contributed by atoms with Gasteiger partial charge < -0.3 is 14.4 Å². The Morgan fingerprint density at radius 3 is 0.758 bits per heavy atom. The molecule has 3 heteroatoms. The Labute approximate surface area is 534 Å². The van der Waals surface area contributed by atoms with Crippen molar-refractivity contribution < 1.29 is 0 Å². The van der Waals surface area contributed by atoms with Crippen LogP contribution in [0.2, 0.25) is 0 Å². The summed E-state index contributed by atoms with van der Waals surface area (Å²) in [5.41, 5.74) is 26.3. The van der Waals surface area contributed by atoms with E-state index >= 15 is 0 Å². The molecule has 0 radical (unpaired) electrons. The molecule has 3 nitrogen and oxygen atoms in total. The van der Waals surface area contributed by atoms with E-state index in [1.165, 1.54) is 66.3 Å². The van der Waals surface area contributed by atoms with Crippen molar-refractivity contribution in [3.05, 3.63) is 383 Å². The maximum atomic E-state index is 3.36. The van der Waals surface area contributed by atoms with Gasteiger partial charge in [-0.1, -0.05) is 262 Å². The van der Waals surface area contributed by atoms with Crippen LogP contribution < -0.4 is 9.80 Å². The van der Waals surface area contributed by atoms with Gasteiger partial charge in [0.2, 0.25) is 0 Å². The molecule has 1 aromatic heterocycles. The van der Waals surface area contributed by atoms with E-state index < -0.39 is 0 Å². The topological polar surface area (TPSA) is 11.4 Å². The van der Waals surface area contributed by atoms with Crippen LogP contribution in [0.25, 0.3) is 105 Å². The van der Waals surface area contributed by atoms with Crippen LogP contribution in [-0.2, 0) is 0 Å². The normalized spacial score (nSPS) is 10.9. The van der Waals surface area contributed by atoms with Crippen molar-refractivity contribution in [2.75, 3.05) is 9.80 Å². The van der Waals surface area contributed by atoms with E-state index in [0.717, 1.165) is 73.2 Å². The number of para-hydroxylation sites is 2. The fourth-order valence-corrected chi connectivity index (χ4v) is 12.4. The molecule has 0 unspecified atom stereocenters. The molecule has 0 spiro atoms. The van der Waals surface area contributed by atoms with E-state index in [4.69, 9.17) is 0 Å². The minimum atomic E-state index is 1.07. The first-order valence-electron chi connectivity index (χ1n) is 30.9. The first-order valence-corrected chi connectivity index (χ1v) is 30.9. The smallest absolute Gasteiger partial charge is 0.0541 e. The fraction of sp³-hybridized carbons (Fsp3) is 0. The quantitative estimate of drug-likeness (QED) is 0.0948. The van der Waals surface area contributed by atoms with E-state index in [1.54, 1.807) is 12.2 Å². The lowest BCUT2D eigenvalue weighted by atomic mass is 9.92. The van der Waals surface area contributed by atoms with Gasteiger partial charge in [0.25, 0.3) is 0 Å². The van der Waals surface area contributed by atoms with Gasteiger partial charge in [0, 0.05) is 50.6 Å². The summed E-state index contributed by atoms with van der Waals surface area (Å²) in [5.74, 6) is 0. The molecule has 0 N–H and O–H groups in total. The second-order valence-electron chi connectivity index (χ2n) is 22.6. The van der Waals surface area contributed by atoms with Crippen LogP contribution in [0.5, 0.6) is 0 Å². The van der Waals surface area contributed by atoms with Crippen molar-refractivity contribution in [2.45, 2.75) is 0 Å². The standard InChI is InChI=1S/C84H59N3.C4H6/c1-6-18-60(19-7-1)64-30-43-75(44-31-64)85(76-45-32-65(33-46-76)61-20-8-2-9-21-61)79-51-38-68(39-52-79)71-56-72(58-73(57-71)70-42-55-84-82(59-70)81-28-16-17-29-83(81)87(84)74-26-14-5-15-27-74)69-40-53-80(54-41-69)86(77-47-34-66(35-48-77)62-22-10-3-11-23-62)78-49-36-67(37-50-78)63-24-12-4-13-25-63;1-3-4-2/h1-59H;3-4H,1-2H2. The predicted octanol–water partition coefficient (Wildman–Crippen LogP) is 24.8. The first-order chi connectivity index (χ1) is 45.0. The number of aromatic nitrogens is 1. The van der Waals surface area contributed by atoms with Gasteiger partial charge in [0.15, 0.2) is 0 Å². The first kappa shape index (κ1) is 56.7. The van der Waals surface area contributed by atoms with Gasteiger partial charge in [0.1, 0.15) is 0 Å². The van der Waals surface area contributed by atoms with Crippen LogP contribution in [0, 0.1) is 0 Å². The monoisotopic (exact) mass is 1160 g/mol. The number of hydrogen-bond donors (Lipinski definition) is 0. The second kappa shape index (κ2) is 26.1. The van der Waals surface area contributed by atoms with E-state index in [1.807, 2.05) is 0 Å². The van der Waals surface area contributed by atoms with E-state index in [2.05, 4.69) is 385 Å². The Balaban J connectivity index is 0.00000175. The lowest BCUT2D eigenvalue weighted by molar-refractivity contribution is 1.18. The van der Waals surface area contributed by atoms with E-state index in [0.29, 0.717) is 0 Å². The van der Waals surface area contributed by atoms with Crippen LogP contribution in [-0.4, -0.2) is 4.57 Å². The van der Waals surface area contributed by atoms with Crippen molar-refractivity contribution in [3.8, 4) is 83.6 Å². The van der Waals surface area contributed by atoms with Gasteiger partial charge >= 0.3 is 0 Å². The minimum absolute atomic E-state index is 1.07. The SMILES string of the molecule is C=CC=C.c1ccc(-c2ccc(N(c3ccc(-c4ccccc4)cc3)c3ccc(-c4cc(-c5ccc(N(c6ccc(-c7ccccc7)cc6)c6ccc(-c7ccccc7)cc6)cc5)cc(-c5ccc6c(c5)c5ccccc5n6-c5ccccc5)c4)cc3)cc2)cc1. The zero-order valence-corrected chi connectivity index (χ0v) is 50.5. The van der Waals surface area contributed by atoms with Crippen molar-refractivity contribution in [1.82, 2.24) is 4.57 Å². The molecule has 0 bridgehead atoms. The summed E-state index contributed by atoms with van der Waals surface area (Å²) in [4.78, 5) is 4.72. The number of rotatable bonds is 15.